The van der Waals surface area contributed by atoms with E-state index in [9.17, 15) is 8.42 Å². The lowest BCUT2D eigenvalue weighted by molar-refractivity contribution is 0.582. The van der Waals surface area contributed by atoms with Crippen LogP contribution in [0.4, 0.5) is 5.69 Å². The van der Waals surface area contributed by atoms with Gasteiger partial charge in [0.25, 0.3) is 0 Å². The van der Waals surface area contributed by atoms with Crippen LogP contribution in [0.2, 0.25) is 0 Å². The number of hydrogen-bond donors (Lipinski definition) is 2. The van der Waals surface area contributed by atoms with Crippen molar-refractivity contribution >= 4 is 26.6 Å². The molecule has 1 aromatic carbocycles. The van der Waals surface area contributed by atoms with Crippen molar-refractivity contribution < 1.29 is 8.42 Å². The lowest BCUT2D eigenvalue weighted by Crippen LogP contribution is -2.32. The second kappa shape index (κ2) is 5.38. The third-order valence-corrected chi connectivity index (χ3v) is 4.85. The zero-order valence-corrected chi connectivity index (χ0v) is 11.9. The third-order valence-electron chi connectivity index (χ3n) is 3.48. The van der Waals surface area contributed by atoms with Crippen molar-refractivity contribution in [1.29, 1.82) is 0 Å². The van der Waals surface area contributed by atoms with E-state index in [2.05, 4.69) is 15.0 Å². The molecule has 1 aliphatic rings. The molecule has 0 amide bonds. The maximum atomic E-state index is 12.2. The molecule has 6 heteroatoms. The van der Waals surface area contributed by atoms with Gasteiger partial charge in [0.05, 0.1) is 17.0 Å². The first-order valence-corrected chi connectivity index (χ1v) is 8.37. The molecule has 1 fully saturated rings. The molecule has 0 bridgehead atoms. The van der Waals surface area contributed by atoms with E-state index >= 15 is 0 Å². The number of pyridine rings is 1. The molecule has 1 aliphatic heterocycles. The number of sulfonamides is 1. The summed E-state index contributed by atoms with van der Waals surface area (Å²) in [6.07, 6.45) is 3.61. The van der Waals surface area contributed by atoms with Gasteiger partial charge in [-0.25, -0.2) is 8.42 Å². The SMILES string of the molecule is O=S(=O)(CC1CCCN1)Nc1cccc2cccnc12. The highest BCUT2D eigenvalue weighted by molar-refractivity contribution is 7.92. The maximum absolute atomic E-state index is 12.2. The number of rotatable bonds is 4. The van der Waals surface area contributed by atoms with Gasteiger partial charge < -0.3 is 5.32 Å². The second-order valence-corrected chi connectivity index (χ2v) is 6.82. The summed E-state index contributed by atoms with van der Waals surface area (Å²) in [5, 5.41) is 4.12. The Kier molecular flexibility index (Phi) is 3.58. The largest absolute Gasteiger partial charge is 0.313 e. The normalized spacial score (nSPS) is 19.3. The number of para-hydroxylation sites is 1. The Bertz CT molecular complexity index is 704. The lowest BCUT2D eigenvalue weighted by atomic mass is 10.2. The molecular weight excluding hydrogens is 274 g/mol. The van der Waals surface area contributed by atoms with Gasteiger partial charge in [0, 0.05) is 17.6 Å². The van der Waals surface area contributed by atoms with Gasteiger partial charge >= 0.3 is 0 Å². The van der Waals surface area contributed by atoms with E-state index in [-0.39, 0.29) is 11.8 Å². The van der Waals surface area contributed by atoms with E-state index in [0.29, 0.717) is 11.2 Å². The minimum Gasteiger partial charge on any atom is -0.313 e. The summed E-state index contributed by atoms with van der Waals surface area (Å²) in [6, 6.07) is 9.29. The quantitative estimate of drug-likeness (QED) is 0.900. The molecule has 5 nitrogen and oxygen atoms in total. The van der Waals surface area contributed by atoms with Crippen LogP contribution < -0.4 is 10.0 Å². The molecule has 1 saturated heterocycles. The Morgan fingerprint density at radius 1 is 1.30 bits per heavy atom. The van der Waals surface area contributed by atoms with E-state index in [4.69, 9.17) is 0 Å². The van der Waals surface area contributed by atoms with Crippen LogP contribution in [0.5, 0.6) is 0 Å². The van der Waals surface area contributed by atoms with Crippen LogP contribution >= 0.6 is 0 Å². The van der Waals surface area contributed by atoms with Gasteiger partial charge in [-0.1, -0.05) is 18.2 Å². The Morgan fingerprint density at radius 2 is 2.15 bits per heavy atom. The van der Waals surface area contributed by atoms with Crippen LogP contribution in [0.1, 0.15) is 12.8 Å². The number of hydrogen-bond acceptors (Lipinski definition) is 4. The first kappa shape index (κ1) is 13.3. The molecule has 0 saturated carbocycles. The fourth-order valence-electron chi connectivity index (χ4n) is 2.56. The van der Waals surface area contributed by atoms with E-state index in [1.165, 1.54) is 0 Å². The van der Waals surface area contributed by atoms with E-state index in [1.807, 2.05) is 24.3 Å². The monoisotopic (exact) mass is 291 g/mol. The summed E-state index contributed by atoms with van der Waals surface area (Å²) in [6.45, 7) is 0.899. The molecule has 2 aromatic rings. The number of nitrogens with one attached hydrogen (secondary N) is 2. The van der Waals surface area contributed by atoms with Crippen LogP contribution in [0, 0.1) is 0 Å². The zero-order chi connectivity index (χ0) is 14.0. The number of fused-ring (bicyclic) bond motifs is 1. The van der Waals surface area contributed by atoms with Gasteiger partial charge in [0.2, 0.25) is 10.0 Å². The summed E-state index contributed by atoms with van der Waals surface area (Å²) >= 11 is 0. The first-order valence-electron chi connectivity index (χ1n) is 6.72. The molecule has 1 unspecified atom stereocenters. The van der Waals surface area contributed by atoms with Crippen LogP contribution in [0.3, 0.4) is 0 Å². The predicted molar refractivity (Wildman–Crippen MR) is 80.2 cm³/mol. The van der Waals surface area contributed by atoms with Crippen molar-refractivity contribution in [3.8, 4) is 0 Å². The van der Waals surface area contributed by atoms with Crippen molar-refractivity contribution in [2.75, 3.05) is 17.0 Å². The minimum absolute atomic E-state index is 0.0513. The lowest BCUT2D eigenvalue weighted by Gasteiger charge is -2.13. The number of benzene rings is 1. The van der Waals surface area contributed by atoms with Gasteiger partial charge in [-0.3, -0.25) is 9.71 Å². The van der Waals surface area contributed by atoms with Gasteiger partial charge in [-0.05, 0) is 31.5 Å². The molecule has 1 aromatic heterocycles. The molecule has 3 rings (SSSR count). The molecular formula is C14H17N3O2S. The minimum atomic E-state index is -3.36. The van der Waals surface area contributed by atoms with E-state index < -0.39 is 10.0 Å². The van der Waals surface area contributed by atoms with Crippen LogP contribution in [0.15, 0.2) is 36.5 Å². The van der Waals surface area contributed by atoms with Crippen molar-refractivity contribution in [2.24, 2.45) is 0 Å². The Balaban J connectivity index is 1.85. The third kappa shape index (κ3) is 2.91. The first-order chi connectivity index (χ1) is 9.64. The van der Waals surface area contributed by atoms with E-state index in [1.54, 1.807) is 12.3 Å². The van der Waals surface area contributed by atoms with Crippen molar-refractivity contribution in [2.45, 2.75) is 18.9 Å². The highest BCUT2D eigenvalue weighted by atomic mass is 32.2. The van der Waals surface area contributed by atoms with Crippen molar-refractivity contribution in [3.63, 3.8) is 0 Å². The fraction of sp³-hybridized carbons (Fsp3) is 0.357. The van der Waals surface area contributed by atoms with Crippen molar-refractivity contribution in [1.82, 2.24) is 10.3 Å². The Morgan fingerprint density at radius 3 is 2.95 bits per heavy atom. The zero-order valence-electron chi connectivity index (χ0n) is 11.0. The average Bonchev–Trinajstić information content (AvgIpc) is 2.91. The molecule has 2 heterocycles. The van der Waals surface area contributed by atoms with E-state index in [0.717, 1.165) is 24.8 Å². The Hall–Kier alpha value is -1.66. The van der Waals surface area contributed by atoms with Crippen LogP contribution in [-0.4, -0.2) is 31.7 Å². The summed E-state index contributed by atoms with van der Waals surface area (Å²) in [7, 11) is -3.36. The van der Waals surface area contributed by atoms with Crippen LogP contribution in [0.25, 0.3) is 10.9 Å². The smallest absolute Gasteiger partial charge is 0.234 e. The van der Waals surface area contributed by atoms with Crippen molar-refractivity contribution in [3.05, 3.63) is 36.5 Å². The standard InChI is InChI=1S/C14H17N3O2S/c18-20(19,10-12-6-3-8-15-12)17-13-7-1-4-11-5-2-9-16-14(11)13/h1-2,4-5,7,9,12,15,17H,3,6,8,10H2. The average molecular weight is 291 g/mol. The Labute approximate surface area is 118 Å². The molecule has 0 aliphatic carbocycles. The van der Waals surface area contributed by atoms with Crippen LogP contribution in [-0.2, 0) is 10.0 Å². The van der Waals surface area contributed by atoms with Gasteiger partial charge in [0.1, 0.15) is 0 Å². The predicted octanol–water partition coefficient (Wildman–Crippen LogP) is 1.73. The van der Waals surface area contributed by atoms with Gasteiger partial charge in [0.15, 0.2) is 0 Å². The topological polar surface area (TPSA) is 71.1 Å². The molecule has 106 valence electrons. The van der Waals surface area contributed by atoms with Gasteiger partial charge in [-0.2, -0.15) is 0 Å². The summed E-state index contributed by atoms with van der Waals surface area (Å²) < 4.78 is 27.1. The van der Waals surface area contributed by atoms with Gasteiger partial charge in [-0.15, -0.1) is 0 Å². The molecule has 1 atom stereocenters. The highest BCUT2D eigenvalue weighted by Crippen LogP contribution is 2.22. The highest BCUT2D eigenvalue weighted by Gasteiger charge is 2.22. The fourth-order valence-corrected chi connectivity index (χ4v) is 3.96. The molecule has 20 heavy (non-hydrogen) atoms. The summed E-state index contributed by atoms with van der Waals surface area (Å²) in [5.74, 6) is 0.107. The summed E-state index contributed by atoms with van der Waals surface area (Å²) in [4.78, 5) is 4.25. The number of nitrogens with zero attached hydrogens (tertiary/aromatic N) is 1. The number of anilines is 1. The molecule has 0 spiro atoms. The number of aromatic nitrogens is 1. The molecule has 2 N–H and O–H groups in total. The summed E-state index contributed by atoms with van der Waals surface area (Å²) in [5.41, 5.74) is 1.22. The second-order valence-electron chi connectivity index (χ2n) is 5.06. The molecule has 0 radical (unpaired) electrons. The maximum Gasteiger partial charge on any atom is 0.234 e.